The van der Waals surface area contributed by atoms with E-state index < -0.39 is 5.60 Å². The molecule has 3 rings (SSSR count). The summed E-state index contributed by atoms with van der Waals surface area (Å²) in [5, 5.41) is 4.02. The fourth-order valence-corrected chi connectivity index (χ4v) is 2.75. The third kappa shape index (κ3) is 2.97. The Bertz CT molecular complexity index is 779. The van der Waals surface area contributed by atoms with Gasteiger partial charge in [0.05, 0.1) is 12.5 Å². The molecule has 2 heterocycles. The lowest BCUT2D eigenvalue weighted by molar-refractivity contribution is -0.128. The van der Waals surface area contributed by atoms with Gasteiger partial charge in [0.1, 0.15) is 5.60 Å². The number of carbonyl (C=O) groups is 1. The lowest BCUT2D eigenvalue weighted by Crippen LogP contribution is -2.32. The summed E-state index contributed by atoms with van der Waals surface area (Å²) in [4.78, 5) is 18.2. The van der Waals surface area contributed by atoms with E-state index in [4.69, 9.17) is 9.26 Å². The van der Waals surface area contributed by atoms with E-state index in [0.717, 1.165) is 11.1 Å². The maximum atomic E-state index is 12.0. The lowest BCUT2D eigenvalue weighted by atomic mass is 9.94. The number of benzene rings is 1. The fraction of sp³-hybridized carbons (Fsp3) is 0.389. The predicted molar refractivity (Wildman–Crippen MR) is 88.8 cm³/mol. The highest BCUT2D eigenvalue weighted by atomic mass is 16.5. The summed E-state index contributed by atoms with van der Waals surface area (Å²) < 4.78 is 10.8. The Hall–Kier alpha value is -2.47. The van der Waals surface area contributed by atoms with E-state index in [1.54, 1.807) is 18.9 Å². The van der Waals surface area contributed by atoms with Crippen molar-refractivity contribution in [1.29, 1.82) is 0 Å². The topological polar surface area (TPSA) is 68.5 Å². The van der Waals surface area contributed by atoms with Crippen LogP contribution in [0.2, 0.25) is 0 Å². The molecule has 2 aromatic rings. The first-order valence-corrected chi connectivity index (χ1v) is 7.86. The molecule has 0 saturated heterocycles. The molecule has 1 aliphatic heterocycles. The number of ether oxygens (including phenoxy) is 1. The Balaban J connectivity index is 1.92. The summed E-state index contributed by atoms with van der Waals surface area (Å²) in [6.07, 6.45) is 4.21. The zero-order valence-electron chi connectivity index (χ0n) is 14.3. The maximum Gasteiger partial charge on any atom is 0.229 e. The van der Waals surface area contributed by atoms with Crippen LogP contribution in [0, 0.1) is 0 Å². The normalized spacial score (nSPS) is 17.0. The minimum atomic E-state index is -0.619. The van der Waals surface area contributed by atoms with Crippen LogP contribution in [-0.4, -0.2) is 28.1 Å². The van der Waals surface area contributed by atoms with Gasteiger partial charge in [0.25, 0.3) is 0 Å². The SMILES string of the molecule is COC(C)(C)c1noc(C[C@H]2c3ccccc3C=CN2C(C)=O)n1. The third-order valence-corrected chi connectivity index (χ3v) is 4.35. The van der Waals surface area contributed by atoms with Crippen LogP contribution in [0.5, 0.6) is 0 Å². The van der Waals surface area contributed by atoms with Gasteiger partial charge in [-0.15, -0.1) is 0 Å². The third-order valence-electron chi connectivity index (χ3n) is 4.35. The van der Waals surface area contributed by atoms with Gasteiger partial charge < -0.3 is 14.2 Å². The Morgan fingerprint density at radius 2 is 2.12 bits per heavy atom. The van der Waals surface area contributed by atoms with Crippen molar-refractivity contribution in [3.8, 4) is 0 Å². The Morgan fingerprint density at radius 1 is 1.38 bits per heavy atom. The number of fused-ring (bicyclic) bond motifs is 1. The molecule has 0 N–H and O–H groups in total. The van der Waals surface area contributed by atoms with Crippen molar-refractivity contribution in [1.82, 2.24) is 15.0 Å². The van der Waals surface area contributed by atoms with Crippen LogP contribution < -0.4 is 0 Å². The molecule has 0 saturated carbocycles. The molecule has 1 amide bonds. The molecule has 1 aliphatic rings. The summed E-state index contributed by atoms with van der Waals surface area (Å²) >= 11 is 0. The van der Waals surface area contributed by atoms with Gasteiger partial charge >= 0.3 is 0 Å². The largest absolute Gasteiger partial charge is 0.371 e. The first kappa shape index (κ1) is 16.4. The molecule has 0 bridgehead atoms. The summed E-state index contributed by atoms with van der Waals surface area (Å²) in [6.45, 7) is 5.31. The Labute approximate surface area is 141 Å². The van der Waals surface area contributed by atoms with Crippen molar-refractivity contribution in [3.05, 3.63) is 53.3 Å². The monoisotopic (exact) mass is 327 g/mol. The van der Waals surface area contributed by atoms with E-state index in [1.807, 2.05) is 50.4 Å². The van der Waals surface area contributed by atoms with Crippen molar-refractivity contribution < 1.29 is 14.1 Å². The molecule has 126 valence electrons. The molecule has 1 aromatic heterocycles. The van der Waals surface area contributed by atoms with E-state index >= 15 is 0 Å². The van der Waals surface area contributed by atoms with Gasteiger partial charge in [0.15, 0.2) is 0 Å². The number of hydrogen-bond donors (Lipinski definition) is 0. The average molecular weight is 327 g/mol. The number of rotatable bonds is 4. The number of methoxy groups -OCH3 is 1. The molecule has 6 heteroatoms. The molecular formula is C18H21N3O3. The van der Waals surface area contributed by atoms with Gasteiger partial charge in [-0.1, -0.05) is 29.4 Å². The summed E-state index contributed by atoms with van der Waals surface area (Å²) in [6, 6.07) is 7.84. The van der Waals surface area contributed by atoms with Gasteiger partial charge in [-0.3, -0.25) is 4.79 Å². The van der Waals surface area contributed by atoms with E-state index in [9.17, 15) is 4.79 Å². The lowest BCUT2D eigenvalue weighted by Gasteiger charge is -2.31. The Morgan fingerprint density at radius 3 is 2.83 bits per heavy atom. The summed E-state index contributed by atoms with van der Waals surface area (Å²) in [5.41, 5.74) is 1.55. The van der Waals surface area contributed by atoms with Crippen LogP contribution in [0.3, 0.4) is 0 Å². The molecule has 0 unspecified atom stereocenters. The standard InChI is InChI=1S/C18H21N3O3/c1-12(22)21-10-9-13-7-5-6-8-14(13)15(21)11-16-19-17(20-24-16)18(2,3)23-4/h5-10,15H,11H2,1-4H3/t15-/m0/s1. The van der Waals surface area contributed by atoms with Gasteiger partial charge in [-0.2, -0.15) is 4.98 Å². The highest BCUT2D eigenvalue weighted by Gasteiger charge is 2.30. The number of hydrogen-bond acceptors (Lipinski definition) is 5. The van der Waals surface area contributed by atoms with Crippen LogP contribution in [0.4, 0.5) is 0 Å². The van der Waals surface area contributed by atoms with Gasteiger partial charge in [0, 0.05) is 20.2 Å². The van der Waals surface area contributed by atoms with Crippen molar-refractivity contribution >= 4 is 12.0 Å². The zero-order valence-corrected chi connectivity index (χ0v) is 14.3. The minimum Gasteiger partial charge on any atom is -0.371 e. The Kier molecular flexibility index (Phi) is 4.24. The van der Waals surface area contributed by atoms with Crippen LogP contribution in [0.25, 0.3) is 6.08 Å². The van der Waals surface area contributed by atoms with Gasteiger partial charge in [-0.05, 0) is 31.1 Å². The van der Waals surface area contributed by atoms with E-state index in [-0.39, 0.29) is 11.9 Å². The van der Waals surface area contributed by atoms with Crippen LogP contribution in [0.1, 0.15) is 49.7 Å². The van der Waals surface area contributed by atoms with Crippen molar-refractivity contribution in [2.24, 2.45) is 0 Å². The van der Waals surface area contributed by atoms with E-state index in [1.165, 1.54) is 0 Å². The second-order valence-electron chi connectivity index (χ2n) is 6.32. The second kappa shape index (κ2) is 6.20. The predicted octanol–water partition coefficient (Wildman–Crippen LogP) is 3.07. The average Bonchev–Trinajstić information content (AvgIpc) is 3.04. The number of aromatic nitrogens is 2. The number of nitrogens with zero attached hydrogens (tertiary/aromatic N) is 3. The zero-order chi connectivity index (χ0) is 17.3. The maximum absolute atomic E-state index is 12.0. The minimum absolute atomic E-state index is 0.0253. The quantitative estimate of drug-likeness (QED) is 0.863. The number of carbonyl (C=O) groups excluding carboxylic acids is 1. The number of amides is 1. The highest BCUT2D eigenvalue weighted by Crippen LogP contribution is 2.33. The van der Waals surface area contributed by atoms with Crippen molar-refractivity contribution in [2.45, 2.75) is 38.8 Å². The molecule has 24 heavy (non-hydrogen) atoms. The second-order valence-corrected chi connectivity index (χ2v) is 6.32. The molecule has 0 aliphatic carbocycles. The van der Waals surface area contributed by atoms with E-state index in [0.29, 0.717) is 18.1 Å². The summed E-state index contributed by atoms with van der Waals surface area (Å²) in [5.74, 6) is 0.952. The molecule has 6 nitrogen and oxygen atoms in total. The van der Waals surface area contributed by atoms with Gasteiger partial charge in [-0.25, -0.2) is 0 Å². The summed E-state index contributed by atoms with van der Waals surface area (Å²) in [7, 11) is 1.61. The van der Waals surface area contributed by atoms with Crippen LogP contribution >= 0.6 is 0 Å². The molecule has 0 spiro atoms. The van der Waals surface area contributed by atoms with Gasteiger partial charge in [0.2, 0.25) is 17.6 Å². The first-order valence-electron chi connectivity index (χ1n) is 7.86. The van der Waals surface area contributed by atoms with E-state index in [2.05, 4.69) is 10.1 Å². The molecule has 1 aromatic carbocycles. The van der Waals surface area contributed by atoms with Crippen molar-refractivity contribution in [3.63, 3.8) is 0 Å². The van der Waals surface area contributed by atoms with Crippen LogP contribution in [0.15, 0.2) is 35.0 Å². The van der Waals surface area contributed by atoms with Crippen molar-refractivity contribution in [2.75, 3.05) is 7.11 Å². The first-order chi connectivity index (χ1) is 11.4. The molecular weight excluding hydrogens is 306 g/mol. The van der Waals surface area contributed by atoms with Crippen LogP contribution in [-0.2, 0) is 21.6 Å². The smallest absolute Gasteiger partial charge is 0.229 e. The molecule has 1 atom stereocenters. The molecule has 0 fully saturated rings. The fourth-order valence-electron chi connectivity index (χ4n) is 2.75. The highest BCUT2D eigenvalue weighted by molar-refractivity contribution is 5.77. The molecule has 0 radical (unpaired) electrons.